The predicted octanol–water partition coefficient (Wildman–Crippen LogP) is 2.73. The highest BCUT2D eigenvalue weighted by atomic mass is 32.2. The SMILES string of the molecule is Cc1c(Cc2cc(F)ccc2S(=O)(=O)c2ccccc2)c2c(n1CC(=O)O)CCNC2=O. The number of nitrogens with zero attached hydrogens (tertiary/aromatic N) is 1. The largest absolute Gasteiger partial charge is 0.480 e. The fraction of sp³-hybridized carbons (Fsp3) is 0.217. The number of halogens is 1. The number of rotatable bonds is 6. The molecule has 0 spiro atoms. The van der Waals surface area contributed by atoms with Crippen molar-refractivity contribution in [3.8, 4) is 0 Å². The van der Waals surface area contributed by atoms with Gasteiger partial charge in [0, 0.05) is 30.8 Å². The molecule has 0 unspecified atom stereocenters. The molecule has 2 aromatic carbocycles. The number of fused-ring (bicyclic) bond motifs is 1. The Kier molecular flexibility index (Phi) is 5.60. The van der Waals surface area contributed by atoms with Crippen LogP contribution in [0.4, 0.5) is 4.39 Å². The molecule has 0 atom stereocenters. The van der Waals surface area contributed by atoms with E-state index in [1.165, 1.54) is 18.2 Å². The number of aliphatic carboxylic acids is 1. The van der Waals surface area contributed by atoms with E-state index in [1.54, 1.807) is 29.7 Å². The van der Waals surface area contributed by atoms with Crippen molar-refractivity contribution in [3.05, 3.63) is 82.4 Å². The van der Waals surface area contributed by atoms with Gasteiger partial charge in [0.2, 0.25) is 9.84 Å². The number of carbonyl (C=O) groups is 2. The Balaban J connectivity index is 1.88. The van der Waals surface area contributed by atoms with Crippen molar-refractivity contribution in [2.45, 2.75) is 36.1 Å². The van der Waals surface area contributed by atoms with Crippen molar-refractivity contribution in [3.63, 3.8) is 0 Å². The predicted molar refractivity (Wildman–Crippen MR) is 114 cm³/mol. The first kappa shape index (κ1) is 21.8. The lowest BCUT2D eigenvalue weighted by Gasteiger charge is -2.16. The number of amides is 1. The van der Waals surface area contributed by atoms with E-state index in [1.807, 2.05) is 0 Å². The first-order valence-electron chi connectivity index (χ1n) is 9.99. The van der Waals surface area contributed by atoms with E-state index >= 15 is 0 Å². The molecule has 9 heteroatoms. The first-order valence-corrected chi connectivity index (χ1v) is 11.5. The molecule has 0 saturated carbocycles. The van der Waals surface area contributed by atoms with Crippen LogP contribution in [-0.2, 0) is 34.0 Å². The normalized spacial score (nSPS) is 13.5. The molecule has 4 rings (SSSR count). The molecular formula is C23H21FN2O5S. The van der Waals surface area contributed by atoms with E-state index < -0.39 is 21.6 Å². The number of aromatic nitrogens is 1. The fourth-order valence-corrected chi connectivity index (χ4v) is 5.69. The summed E-state index contributed by atoms with van der Waals surface area (Å²) in [5, 5.41) is 12.1. The lowest BCUT2D eigenvalue weighted by Crippen LogP contribution is -2.33. The second kappa shape index (κ2) is 8.23. The number of carboxylic acid groups (broad SMARTS) is 1. The van der Waals surface area contributed by atoms with Gasteiger partial charge in [0.15, 0.2) is 0 Å². The van der Waals surface area contributed by atoms with Crippen LogP contribution in [0.2, 0.25) is 0 Å². The average Bonchev–Trinajstić information content (AvgIpc) is 3.01. The molecule has 0 aliphatic carbocycles. The van der Waals surface area contributed by atoms with E-state index in [9.17, 15) is 27.5 Å². The number of carboxylic acids is 1. The highest BCUT2D eigenvalue weighted by Gasteiger charge is 2.30. The Morgan fingerprint density at radius 2 is 1.91 bits per heavy atom. The maximum absolute atomic E-state index is 14.2. The third kappa shape index (κ3) is 3.80. The average molecular weight is 456 g/mol. The van der Waals surface area contributed by atoms with Gasteiger partial charge in [-0.1, -0.05) is 18.2 Å². The quantitative estimate of drug-likeness (QED) is 0.555. The zero-order chi connectivity index (χ0) is 23.0. The van der Waals surface area contributed by atoms with Crippen LogP contribution >= 0.6 is 0 Å². The number of nitrogens with one attached hydrogen (secondary N) is 1. The maximum Gasteiger partial charge on any atom is 0.323 e. The minimum absolute atomic E-state index is 0.0344. The van der Waals surface area contributed by atoms with Gasteiger partial charge in [-0.25, -0.2) is 12.8 Å². The van der Waals surface area contributed by atoms with Gasteiger partial charge >= 0.3 is 5.97 Å². The topological polar surface area (TPSA) is 105 Å². The highest BCUT2D eigenvalue weighted by molar-refractivity contribution is 7.91. The summed E-state index contributed by atoms with van der Waals surface area (Å²) < 4.78 is 42.3. The van der Waals surface area contributed by atoms with Gasteiger partial charge in [0.05, 0.1) is 15.4 Å². The zero-order valence-electron chi connectivity index (χ0n) is 17.3. The van der Waals surface area contributed by atoms with Crippen LogP contribution in [0.1, 0.15) is 32.9 Å². The van der Waals surface area contributed by atoms with Crippen LogP contribution in [0.15, 0.2) is 58.3 Å². The van der Waals surface area contributed by atoms with Crippen molar-refractivity contribution in [2.75, 3.05) is 6.54 Å². The number of hydrogen-bond acceptors (Lipinski definition) is 4. The molecule has 7 nitrogen and oxygen atoms in total. The van der Waals surface area contributed by atoms with Crippen molar-refractivity contribution < 1.29 is 27.5 Å². The molecule has 1 aliphatic heterocycles. The summed E-state index contributed by atoms with van der Waals surface area (Å²) in [6.07, 6.45) is 0.418. The third-order valence-electron chi connectivity index (χ3n) is 5.66. The van der Waals surface area contributed by atoms with Gasteiger partial charge in [-0.15, -0.1) is 0 Å². The molecule has 32 heavy (non-hydrogen) atoms. The summed E-state index contributed by atoms with van der Waals surface area (Å²) in [5.41, 5.74) is 2.16. The molecule has 166 valence electrons. The van der Waals surface area contributed by atoms with E-state index in [4.69, 9.17) is 0 Å². The monoisotopic (exact) mass is 456 g/mol. The van der Waals surface area contributed by atoms with Crippen LogP contribution < -0.4 is 5.32 Å². The molecule has 2 heterocycles. The first-order chi connectivity index (χ1) is 15.2. The zero-order valence-corrected chi connectivity index (χ0v) is 18.1. The Bertz CT molecular complexity index is 1330. The van der Waals surface area contributed by atoms with E-state index in [0.29, 0.717) is 35.5 Å². The molecule has 3 aromatic rings. The van der Waals surface area contributed by atoms with Gasteiger partial charge in [-0.3, -0.25) is 9.59 Å². The summed E-state index contributed by atoms with van der Waals surface area (Å²) in [6, 6.07) is 11.3. The van der Waals surface area contributed by atoms with Crippen molar-refractivity contribution in [1.82, 2.24) is 9.88 Å². The summed E-state index contributed by atoms with van der Waals surface area (Å²) >= 11 is 0. The lowest BCUT2D eigenvalue weighted by molar-refractivity contribution is -0.137. The minimum atomic E-state index is -3.93. The van der Waals surface area contributed by atoms with Crippen LogP contribution in [-0.4, -0.2) is 36.5 Å². The second-order valence-corrected chi connectivity index (χ2v) is 9.53. The lowest BCUT2D eigenvalue weighted by atomic mass is 9.97. The van der Waals surface area contributed by atoms with Crippen LogP contribution in [0.5, 0.6) is 0 Å². The summed E-state index contributed by atoms with van der Waals surface area (Å²) in [5.74, 6) is -2.01. The van der Waals surface area contributed by atoms with E-state index in [2.05, 4.69) is 5.32 Å². The molecule has 1 aromatic heterocycles. The van der Waals surface area contributed by atoms with Gasteiger partial charge in [0.1, 0.15) is 12.4 Å². The van der Waals surface area contributed by atoms with E-state index in [-0.39, 0.29) is 34.2 Å². The van der Waals surface area contributed by atoms with Crippen LogP contribution in [0.3, 0.4) is 0 Å². The molecule has 1 aliphatic rings. The van der Waals surface area contributed by atoms with Gasteiger partial charge < -0.3 is 15.0 Å². The summed E-state index contributed by atoms with van der Waals surface area (Å²) in [7, 11) is -3.93. The molecule has 0 fully saturated rings. The molecule has 0 radical (unpaired) electrons. The standard InChI is InChI=1S/C23H21FN2O5S/c1-14-18(22-19(9-10-25-23(22)29)26(14)13-21(27)28)12-15-11-16(24)7-8-20(15)32(30,31)17-5-3-2-4-6-17/h2-8,11H,9-10,12-13H2,1H3,(H,25,29)(H,27,28). The smallest absolute Gasteiger partial charge is 0.323 e. The number of sulfone groups is 1. The number of carbonyl (C=O) groups excluding carboxylic acids is 1. The third-order valence-corrected chi connectivity index (χ3v) is 7.53. The van der Waals surface area contributed by atoms with E-state index in [0.717, 1.165) is 12.1 Å². The van der Waals surface area contributed by atoms with Crippen LogP contribution in [0, 0.1) is 12.7 Å². The summed E-state index contributed by atoms with van der Waals surface area (Å²) in [4.78, 5) is 24.1. The van der Waals surface area contributed by atoms with Gasteiger partial charge in [0.25, 0.3) is 5.91 Å². The number of benzene rings is 2. The Morgan fingerprint density at radius 1 is 1.19 bits per heavy atom. The van der Waals surface area contributed by atoms with Gasteiger partial charge in [-0.05, 0) is 48.4 Å². The molecule has 2 N–H and O–H groups in total. The highest BCUT2D eigenvalue weighted by Crippen LogP contribution is 2.32. The van der Waals surface area contributed by atoms with Crippen molar-refractivity contribution in [2.24, 2.45) is 0 Å². The Labute approximate surface area is 184 Å². The Hall–Kier alpha value is -3.46. The fourth-order valence-electron chi connectivity index (χ4n) is 4.20. The molecule has 0 saturated heterocycles. The molecular weight excluding hydrogens is 435 g/mol. The molecule has 1 amide bonds. The van der Waals surface area contributed by atoms with Crippen molar-refractivity contribution in [1.29, 1.82) is 0 Å². The second-order valence-electron chi connectivity index (χ2n) is 7.62. The number of hydrogen-bond donors (Lipinski definition) is 2. The van der Waals surface area contributed by atoms with Gasteiger partial charge in [-0.2, -0.15) is 0 Å². The minimum Gasteiger partial charge on any atom is -0.480 e. The molecule has 0 bridgehead atoms. The Morgan fingerprint density at radius 3 is 2.59 bits per heavy atom. The van der Waals surface area contributed by atoms with Crippen LogP contribution in [0.25, 0.3) is 0 Å². The summed E-state index contributed by atoms with van der Waals surface area (Å²) in [6.45, 7) is 1.75. The maximum atomic E-state index is 14.2. The van der Waals surface area contributed by atoms with Crippen molar-refractivity contribution >= 4 is 21.7 Å².